The zero-order valence-electron chi connectivity index (χ0n) is 10.6. The van der Waals surface area contributed by atoms with Crippen LogP contribution in [-0.4, -0.2) is 23.9 Å². The van der Waals surface area contributed by atoms with E-state index in [0.29, 0.717) is 5.92 Å². The molecule has 90 valence electrons. The molecule has 1 N–H and O–H groups in total. The van der Waals surface area contributed by atoms with Crippen LogP contribution in [0.3, 0.4) is 0 Å². The van der Waals surface area contributed by atoms with E-state index >= 15 is 0 Å². The summed E-state index contributed by atoms with van der Waals surface area (Å²) in [5.74, 6) is 0.647. The Labute approximate surface area is 94.0 Å². The fraction of sp³-hybridized carbons (Fsp3) is 1.00. The summed E-state index contributed by atoms with van der Waals surface area (Å²) in [6, 6.07) is 0. The van der Waals surface area contributed by atoms with Crippen molar-refractivity contribution in [2.24, 2.45) is 11.3 Å². The highest BCUT2D eigenvalue weighted by Gasteiger charge is 2.50. The van der Waals surface area contributed by atoms with Gasteiger partial charge in [0.2, 0.25) is 0 Å². The van der Waals surface area contributed by atoms with Crippen LogP contribution in [0.4, 0.5) is 0 Å². The van der Waals surface area contributed by atoms with Crippen molar-refractivity contribution in [3.8, 4) is 0 Å². The van der Waals surface area contributed by atoms with Crippen molar-refractivity contribution in [1.29, 1.82) is 0 Å². The van der Waals surface area contributed by atoms with Gasteiger partial charge < -0.3 is 9.84 Å². The Bertz CT molecular complexity index is 193. The van der Waals surface area contributed by atoms with Crippen molar-refractivity contribution >= 4 is 0 Å². The minimum atomic E-state index is -0.158. The van der Waals surface area contributed by atoms with E-state index in [4.69, 9.17) is 4.74 Å². The molecule has 2 nitrogen and oxygen atoms in total. The molecular formula is C13H26O2. The molecule has 0 aromatic rings. The van der Waals surface area contributed by atoms with Gasteiger partial charge in [-0.3, -0.25) is 0 Å². The molecule has 15 heavy (non-hydrogen) atoms. The maximum Gasteiger partial charge on any atom is 0.0678 e. The lowest BCUT2D eigenvalue weighted by molar-refractivity contribution is -0.189. The van der Waals surface area contributed by atoms with E-state index in [-0.39, 0.29) is 17.6 Å². The summed E-state index contributed by atoms with van der Waals surface area (Å²) in [4.78, 5) is 0. The third-order valence-corrected chi connectivity index (χ3v) is 4.06. The van der Waals surface area contributed by atoms with Crippen LogP contribution in [0, 0.1) is 11.3 Å². The van der Waals surface area contributed by atoms with Gasteiger partial charge in [-0.2, -0.15) is 0 Å². The van der Waals surface area contributed by atoms with Gasteiger partial charge >= 0.3 is 0 Å². The summed E-state index contributed by atoms with van der Waals surface area (Å²) in [5, 5.41) is 9.73. The van der Waals surface area contributed by atoms with Crippen LogP contribution in [-0.2, 0) is 4.74 Å². The van der Waals surface area contributed by atoms with Gasteiger partial charge in [0.1, 0.15) is 0 Å². The topological polar surface area (TPSA) is 29.5 Å². The summed E-state index contributed by atoms with van der Waals surface area (Å²) in [5.41, 5.74) is 0.00589. The third-order valence-electron chi connectivity index (χ3n) is 4.06. The Morgan fingerprint density at radius 3 is 2.60 bits per heavy atom. The van der Waals surface area contributed by atoms with Crippen molar-refractivity contribution in [3.05, 3.63) is 0 Å². The number of rotatable bonds is 6. The molecule has 0 spiro atoms. The van der Waals surface area contributed by atoms with Crippen LogP contribution < -0.4 is 0 Å². The molecule has 0 amide bonds. The lowest BCUT2D eigenvalue weighted by atomic mass is 9.63. The Hall–Kier alpha value is -0.0800. The third kappa shape index (κ3) is 2.73. The molecule has 1 fully saturated rings. The molecule has 4 atom stereocenters. The Morgan fingerprint density at radius 1 is 1.47 bits per heavy atom. The molecule has 0 saturated heterocycles. The number of aliphatic hydroxyl groups excluding tert-OH is 1. The zero-order valence-corrected chi connectivity index (χ0v) is 10.6. The number of aliphatic hydroxyl groups is 1. The SMILES string of the molecule is CCCC(C)COC1CC(O)C1(C)CC. The summed E-state index contributed by atoms with van der Waals surface area (Å²) in [6.07, 6.45) is 4.40. The molecule has 0 aliphatic heterocycles. The van der Waals surface area contributed by atoms with E-state index in [1.54, 1.807) is 0 Å². The second kappa shape index (κ2) is 5.31. The highest BCUT2D eigenvalue weighted by atomic mass is 16.5. The van der Waals surface area contributed by atoms with Gasteiger partial charge in [0.15, 0.2) is 0 Å². The van der Waals surface area contributed by atoms with E-state index in [0.717, 1.165) is 19.4 Å². The van der Waals surface area contributed by atoms with Crippen LogP contribution in [0.15, 0.2) is 0 Å². The van der Waals surface area contributed by atoms with Crippen molar-refractivity contribution < 1.29 is 9.84 Å². The first-order chi connectivity index (χ1) is 7.04. The maximum atomic E-state index is 9.73. The fourth-order valence-electron chi connectivity index (χ4n) is 2.37. The quantitative estimate of drug-likeness (QED) is 0.736. The highest BCUT2D eigenvalue weighted by molar-refractivity contribution is 5.00. The maximum absolute atomic E-state index is 9.73. The average Bonchev–Trinajstić information content (AvgIpc) is 2.23. The summed E-state index contributed by atoms with van der Waals surface area (Å²) >= 11 is 0. The molecule has 0 heterocycles. The van der Waals surface area contributed by atoms with E-state index in [1.807, 2.05) is 0 Å². The Morgan fingerprint density at radius 2 is 2.13 bits per heavy atom. The summed E-state index contributed by atoms with van der Waals surface area (Å²) in [6.45, 7) is 9.56. The average molecular weight is 214 g/mol. The van der Waals surface area contributed by atoms with Gasteiger partial charge in [0.25, 0.3) is 0 Å². The first-order valence-corrected chi connectivity index (χ1v) is 6.34. The molecule has 0 radical (unpaired) electrons. The number of hydrogen-bond donors (Lipinski definition) is 1. The van der Waals surface area contributed by atoms with Gasteiger partial charge in [-0.1, -0.05) is 34.1 Å². The molecule has 1 aliphatic rings. The van der Waals surface area contributed by atoms with Crippen LogP contribution >= 0.6 is 0 Å². The lowest BCUT2D eigenvalue weighted by Gasteiger charge is -2.51. The van der Waals surface area contributed by atoms with E-state index in [9.17, 15) is 5.11 Å². The monoisotopic (exact) mass is 214 g/mol. The van der Waals surface area contributed by atoms with E-state index < -0.39 is 0 Å². The van der Waals surface area contributed by atoms with Gasteiger partial charge in [-0.05, 0) is 18.8 Å². The van der Waals surface area contributed by atoms with Crippen LogP contribution in [0.2, 0.25) is 0 Å². The van der Waals surface area contributed by atoms with Crippen LogP contribution in [0.5, 0.6) is 0 Å². The van der Waals surface area contributed by atoms with Gasteiger partial charge in [-0.25, -0.2) is 0 Å². The van der Waals surface area contributed by atoms with E-state index in [2.05, 4.69) is 27.7 Å². The van der Waals surface area contributed by atoms with Crippen molar-refractivity contribution in [3.63, 3.8) is 0 Å². The molecule has 0 aromatic carbocycles. The minimum absolute atomic E-state index is 0.00589. The first-order valence-electron chi connectivity index (χ1n) is 6.34. The Balaban J connectivity index is 2.28. The highest BCUT2D eigenvalue weighted by Crippen LogP contribution is 2.45. The molecule has 1 aliphatic carbocycles. The predicted octanol–water partition coefficient (Wildman–Crippen LogP) is 2.99. The van der Waals surface area contributed by atoms with Gasteiger partial charge in [-0.15, -0.1) is 0 Å². The Kier molecular flexibility index (Phi) is 4.60. The molecule has 0 bridgehead atoms. The molecule has 2 heteroatoms. The van der Waals surface area contributed by atoms with Crippen molar-refractivity contribution in [2.75, 3.05) is 6.61 Å². The van der Waals surface area contributed by atoms with Crippen LogP contribution in [0.25, 0.3) is 0 Å². The number of hydrogen-bond acceptors (Lipinski definition) is 2. The van der Waals surface area contributed by atoms with Crippen molar-refractivity contribution in [1.82, 2.24) is 0 Å². The van der Waals surface area contributed by atoms with E-state index in [1.165, 1.54) is 12.8 Å². The second-order valence-electron chi connectivity index (χ2n) is 5.33. The summed E-state index contributed by atoms with van der Waals surface area (Å²) in [7, 11) is 0. The van der Waals surface area contributed by atoms with Gasteiger partial charge in [0, 0.05) is 18.4 Å². The molecule has 1 saturated carbocycles. The molecule has 0 aromatic heterocycles. The predicted molar refractivity (Wildman–Crippen MR) is 62.8 cm³/mol. The summed E-state index contributed by atoms with van der Waals surface area (Å²) < 4.78 is 5.91. The normalized spacial score (nSPS) is 37.4. The smallest absolute Gasteiger partial charge is 0.0678 e. The lowest BCUT2D eigenvalue weighted by Crippen LogP contribution is -2.56. The fourth-order valence-corrected chi connectivity index (χ4v) is 2.37. The first kappa shape index (κ1) is 13.0. The number of ether oxygens (including phenoxy) is 1. The standard InChI is InChI=1S/C13H26O2/c1-5-7-10(3)9-15-12-8-11(14)13(12,4)6-2/h10-12,14H,5-9H2,1-4H3. The van der Waals surface area contributed by atoms with Crippen LogP contribution in [0.1, 0.15) is 53.4 Å². The second-order valence-corrected chi connectivity index (χ2v) is 5.33. The minimum Gasteiger partial charge on any atom is -0.392 e. The molecule has 4 unspecified atom stereocenters. The molecular weight excluding hydrogens is 188 g/mol. The van der Waals surface area contributed by atoms with Gasteiger partial charge in [0.05, 0.1) is 12.2 Å². The molecule has 1 rings (SSSR count). The largest absolute Gasteiger partial charge is 0.392 e. The van der Waals surface area contributed by atoms with Crippen molar-refractivity contribution in [2.45, 2.75) is 65.6 Å². The zero-order chi connectivity index (χ0) is 11.5.